The summed E-state index contributed by atoms with van der Waals surface area (Å²) in [6, 6.07) is 2.38. The molecule has 1 saturated heterocycles. The van der Waals surface area contributed by atoms with E-state index in [0.29, 0.717) is 17.9 Å². The molecule has 1 heterocycles. The molecule has 0 spiro atoms. The minimum absolute atomic E-state index is 0.253. The SMILES string of the molecule is CCCCCC1COC(CCC2(c3cc(F)c(F)c(F)c3)CCCCC2)OC1. The number of rotatable bonds is 8. The molecule has 1 aromatic rings. The monoisotopic (exact) mass is 398 g/mol. The highest BCUT2D eigenvalue weighted by Crippen LogP contribution is 2.44. The van der Waals surface area contributed by atoms with E-state index in [1.807, 2.05) is 0 Å². The van der Waals surface area contributed by atoms with Gasteiger partial charge in [-0.2, -0.15) is 0 Å². The third-order valence-corrected chi connectivity index (χ3v) is 6.52. The zero-order valence-electron chi connectivity index (χ0n) is 17.0. The van der Waals surface area contributed by atoms with E-state index in [0.717, 1.165) is 58.2 Å². The van der Waals surface area contributed by atoms with Gasteiger partial charge in [0.25, 0.3) is 0 Å². The Morgan fingerprint density at radius 1 is 0.929 bits per heavy atom. The normalized spacial score (nSPS) is 25.0. The van der Waals surface area contributed by atoms with E-state index in [-0.39, 0.29) is 11.7 Å². The van der Waals surface area contributed by atoms with Crippen LogP contribution in [0, 0.1) is 23.4 Å². The van der Waals surface area contributed by atoms with Crippen LogP contribution in [0.5, 0.6) is 0 Å². The molecule has 0 unspecified atom stereocenters. The van der Waals surface area contributed by atoms with E-state index in [1.54, 1.807) is 0 Å². The van der Waals surface area contributed by atoms with E-state index < -0.39 is 17.5 Å². The summed E-state index contributed by atoms with van der Waals surface area (Å²) in [5.41, 5.74) is 0.259. The van der Waals surface area contributed by atoms with Crippen molar-refractivity contribution in [3.05, 3.63) is 35.1 Å². The first-order valence-corrected chi connectivity index (χ1v) is 10.9. The Hall–Kier alpha value is -1.07. The minimum Gasteiger partial charge on any atom is -0.352 e. The highest BCUT2D eigenvalue weighted by atomic mass is 19.2. The highest BCUT2D eigenvalue weighted by molar-refractivity contribution is 5.28. The van der Waals surface area contributed by atoms with Gasteiger partial charge >= 0.3 is 0 Å². The van der Waals surface area contributed by atoms with Gasteiger partial charge in [-0.1, -0.05) is 45.4 Å². The third kappa shape index (κ3) is 5.29. The van der Waals surface area contributed by atoms with Crippen LogP contribution in [-0.2, 0) is 14.9 Å². The summed E-state index contributed by atoms with van der Waals surface area (Å²) in [7, 11) is 0. The molecule has 158 valence electrons. The first-order chi connectivity index (χ1) is 13.5. The van der Waals surface area contributed by atoms with Gasteiger partial charge < -0.3 is 9.47 Å². The molecule has 1 saturated carbocycles. The zero-order chi connectivity index (χ0) is 20.0. The van der Waals surface area contributed by atoms with E-state index in [1.165, 1.54) is 31.4 Å². The lowest BCUT2D eigenvalue weighted by molar-refractivity contribution is -0.205. The van der Waals surface area contributed by atoms with Crippen molar-refractivity contribution in [3.63, 3.8) is 0 Å². The maximum absolute atomic E-state index is 13.9. The minimum atomic E-state index is -1.39. The van der Waals surface area contributed by atoms with Gasteiger partial charge in [0, 0.05) is 5.92 Å². The van der Waals surface area contributed by atoms with Crippen LogP contribution >= 0.6 is 0 Å². The molecule has 5 heteroatoms. The second kappa shape index (κ2) is 10.1. The average Bonchev–Trinajstić information content (AvgIpc) is 2.72. The standard InChI is InChI=1S/C23H33F3O2/c1-2-3-5-8-17-15-27-21(28-16-17)9-12-23(10-6-4-7-11-23)18-13-19(24)22(26)20(25)14-18/h13-14,17,21H,2-12,15-16H2,1H3. The molecule has 1 aliphatic carbocycles. The van der Waals surface area contributed by atoms with Gasteiger partial charge in [-0.3, -0.25) is 0 Å². The molecule has 2 aliphatic rings. The smallest absolute Gasteiger partial charge is 0.194 e. The second-order valence-electron chi connectivity index (χ2n) is 8.59. The predicted molar refractivity (Wildman–Crippen MR) is 104 cm³/mol. The zero-order valence-corrected chi connectivity index (χ0v) is 17.0. The first-order valence-electron chi connectivity index (χ1n) is 10.9. The largest absolute Gasteiger partial charge is 0.352 e. The van der Waals surface area contributed by atoms with Crippen molar-refractivity contribution in [3.8, 4) is 0 Å². The highest BCUT2D eigenvalue weighted by Gasteiger charge is 2.36. The topological polar surface area (TPSA) is 18.5 Å². The molecular weight excluding hydrogens is 365 g/mol. The molecule has 2 nitrogen and oxygen atoms in total. The van der Waals surface area contributed by atoms with Crippen LogP contribution in [0.4, 0.5) is 13.2 Å². The van der Waals surface area contributed by atoms with Crippen molar-refractivity contribution in [2.45, 2.75) is 89.3 Å². The molecule has 0 N–H and O–H groups in total. The number of unbranched alkanes of at least 4 members (excludes halogenated alkanes) is 2. The molecule has 0 atom stereocenters. The molecule has 1 aromatic carbocycles. The maximum Gasteiger partial charge on any atom is 0.194 e. The fraction of sp³-hybridized carbons (Fsp3) is 0.739. The maximum atomic E-state index is 13.9. The number of halogens is 3. The van der Waals surface area contributed by atoms with Crippen molar-refractivity contribution in [1.82, 2.24) is 0 Å². The number of hydrogen-bond acceptors (Lipinski definition) is 2. The molecule has 2 fully saturated rings. The lowest BCUT2D eigenvalue weighted by Gasteiger charge is -2.40. The van der Waals surface area contributed by atoms with Crippen molar-refractivity contribution in [2.24, 2.45) is 5.92 Å². The Bertz CT molecular complexity index is 597. The predicted octanol–water partition coefficient (Wildman–Crippen LogP) is 6.66. The van der Waals surface area contributed by atoms with Gasteiger partial charge in [0.2, 0.25) is 0 Å². The van der Waals surface area contributed by atoms with Gasteiger partial charge in [-0.05, 0) is 55.2 Å². The van der Waals surface area contributed by atoms with Gasteiger partial charge in [0.05, 0.1) is 13.2 Å². The number of ether oxygens (including phenoxy) is 2. The quantitative estimate of drug-likeness (QED) is 0.360. The van der Waals surface area contributed by atoms with Crippen LogP contribution in [0.25, 0.3) is 0 Å². The Balaban J connectivity index is 1.60. The lowest BCUT2D eigenvalue weighted by atomic mass is 9.66. The lowest BCUT2D eigenvalue weighted by Crippen LogP contribution is -2.35. The Kier molecular flexibility index (Phi) is 7.81. The van der Waals surface area contributed by atoms with Crippen LogP contribution < -0.4 is 0 Å². The van der Waals surface area contributed by atoms with Crippen molar-refractivity contribution < 1.29 is 22.6 Å². The summed E-state index contributed by atoms with van der Waals surface area (Å²) in [6.07, 6.45) is 10.9. The van der Waals surface area contributed by atoms with Gasteiger partial charge in [0.15, 0.2) is 23.7 Å². The number of benzene rings is 1. The summed E-state index contributed by atoms with van der Waals surface area (Å²) >= 11 is 0. The van der Waals surface area contributed by atoms with E-state index in [4.69, 9.17) is 9.47 Å². The Morgan fingerprint density at radius 3 is 2.18 bits per heavy atom. The average molecular weight is 399 g/mol. The van der Waals surface area contributed by atoms with Gasteiger partial charge in [-0.15, -0.1) is 0 Å². The summed E-state index contributed by atoms with van der Waals surface area (Å²) < 4.78 is 53.0. The molecule has 0 aromatic heterocycles. The first kappa shape index (κ1) is 21.6. The fourth-order valence-corrected chi connectivity index (χ4v) is 4.77. The third-order valence-electron chi connectivity index (χ3n) is 6.52. The van der Waals surface area contributed by atoms with Crippen molar-refractivity contribution in [1.29, 1.82) is 0 Å². The summed E-state index contributed by atoms with van der Waals surface area (Å²) in [4.78, 5) is 0. The molecule has 3 rings (SSSR count). The van der Waals surface area contributed by atoms with E-state index in [9.17, 15) is 13.2 Å². The van der Waals surface area contributed by atoms with Crippen LogP contribution in [-0.4, -0.2) is 19.5 Å². The van der Waals surface area contributed by atoms with E-state index in [2.05, 4.69) is 6.92 Å². The summed E-state index contributed by atoms with van der Waals surface area (Å²) in [5, 5.41) is 0. The Labute approximate surface area is 166 Å². The van der Waals surface area contributed by atoms with Crippen molar-refractivity contribution in [2.75, 3.05) is 13.2 Å². The van der Waals surface area contributed by atoms with Crippen LogP contribution in [0.1, 0.15) is 83.1 Å². The molecule has 28 heavy (non-hydrogen) atoms. The summed E-state index contributed by atoms with van der Waals surface area (Å²) in [6.45, 7) is 3.65. The van der Waals surface area contributed by atoms with Gasteiger partial charge in [-0.25, -0.2) is 13.2 Å². The fourth-order valence-electron chi connectivity index (χ4n) is 4.77. The van der Waals surface area contributed by atoms with E-state index >= 15 is 0 Å². The molecule has 0 bridgehead atoms. The van der Waals surface area contributed by atoms with Crippen LogP contribution in [0.15, 0.2) is 12.1 Å². The summed E-state index contributed by atoms with van der Waals surface area (Å²) in [5.74, 6) is -3.12. The van der Waals surface area contributed by atoms with Crippen LogP contribution in [0.2, 0.25) is 0 Å². The van der Waals surface area contributed by atoms with Gasteiger partial charge in [0.1, 0.15) is 0 Å². The molecule has 1 aliphatic heterocycles. The number of hydrogen-bond donors (Lipinski definition) is 0. The second-order valence-corrected chi connectivity index (χ2v) is 8.59. The molecule has 0 radical (unpaired) electrons. The molecule has 0 amide bonds. The van der Waals surface area contributed by atoms with Crippen LogP contribution in [0.3, 0.4) is 0 Å². The molecular formula is C23H33F3O2. The van der Waals surface area contributed by atoms with Crippen molar-refractivity contribution >= 4 is 0 Å². The Morgan fingerprint density at radius 2 is 1.57 bits per heavy atom.